The van der Waals surface area contributed by atoms with E-state index in [1.807, 2.05) is 18.2 Å². The summed E-state index contributed by atoms with van der Waals surface area (Å²) < 4.78 is 10.3. The van der Waals surface area contributed by atoms with Crippen LogP contribution in [-0.2, 0) is 16.1 Å². The van der Waals surface area contributed by atoms with Gasteiger partial charge in [0, 0.05) is 6.54 Å². The molecule has 0 heterocycles. The molecule has 6 heteroatoms. The van der Waals surface area contributed by atoms with Crippen molar-refractivity contribution in [2.45, 2.75) is 6.42 Å². The lowest BCUT2D eigenvalue weighted by Crippen LogP contribution is -2.30. The highest BCUT2D eigenvalue weighted by molar-refractivity contribution is 5.77. The Balaban J connectivity index is 2.50. The van der Waals surface area contributed by atoms with Crippen molar-refractivity contribution in [1.29, 1.82) is 0 Å². The number of nitrogens with two attached hydrogens (primary N) is 1. The first-order chi connectivity index (χ1) is 8.71. The van der Waals surface area contributed by atoms with Gasteiger partial charge in [-0.05, 0) is 24.1 Å². The molecule has 0 aromatic heterocycles. The predicted molar refractivity (Wildman–Crippen MR) is 66.4 cm³/mol. The molecule has 18 heavy (non-hydrogen) atoms. The van der Waals surface area contributed by atoms with Crippen molar-refractivity contribution in [3.63, 3.8) is 0 Å². The number of hydrogen-bond acceptors (Lipinski definition) is 5. The highest BCUT2D eigenvalue weighted by atomic mass is 16.6. The molecule has 100 valence electrons. The molecule has 3 N–H and O–H groups in total. The Bertz CT molecular complexity index is 396. The smallest absolute Gasteiger partial charge is 0.248 e. The molecular formula is C12H18N2O4. The topological polar surface area (TPSA) is 82.8 Å². The Labute approximate surface area is 106 Å². The average molecular weight is 254 g/mol. The molecule has 0 radical (unpaired) electrons. The zero-order chi connectivity index (χ0) is 13.4. The van der Waals surface area contributed by atoms with E-state index >= 15 is 0 Å². The van der Waals surface area contributed by atoms with E-state index in [9.17, 15) is 4.79 Å². The van der Waals surface area contributed by atoms with Gasteiger partial charge in [0.25, 0.3) is 0 Å². The van der Waals surface area contributed by atoms with Crippen LogP contribution in [-0.4, -0.2) is 33.3 Å². The van der Waals surface area contributed by atoms with Gasteiger partial charge < -0.3 is 14.8 Å². The van der Waals surface area contributed by atoms with Gasteiger partial charge in [-0.1, -0.05) is 6.07 Å². The summed E-state index contributed by atoms with van der Waals surface area (Å²) in [6, 6.07) is 5.64. The number of amides is 1. The SMILES string of the molecule is COc1ccc(CCNC(=O)CON)cc1OC. The van der Waals surface area contributed by atoms with Gasteiger partial charge in [0.2, 0.25) is 5.91 Å². The number of carbonyl (C=O) groups excluding carboxylic acids is 1. The lowest BCUT2D eigenvalue weighted by Gasteiger charge is -2.10. The molecule has 0 aliphatic carbocycles. The van der Waals surface area contributed by atoms with Gasteiger partial charge in [-0.2, -0.15) is 0 Å². The fourth-order valence-corrected chi connectivity index (χ4v) is 1.51. The van der Waals surface area contributed by atoms with E-state index in [0.717, 1.165) is 5.56 Å². The van der Waals surface area contributed by atoms with Crippen LogP contribution in [0.15, 0.2) is 18.2 Å². The number of rotatable bonds is 7. The summed E-state index contributed by atoms with van der Waals surface area (Å²) >= 11 is 0. The third kappa shape index (κ3) is 4.23. The zero-order valence-corrected chi connectivity index (χ0v) is 10.6. The Morgan fingerprint density at radius 2 is 2.00 bits per heavy atom. The molecule has 1 rings (SSSR count). The molecule has 0 unspecified atom stereocenters. The third-order valence-electron chi connectivity index (χ3n) is 2.40. The van der Waals surface area contributed by atoms with Crippen molar-refractivity contribution in [3.8, 4) is 11.5 Å². The Hall–Kier alpha value is -1.79. The number of methoxy groups -OCH3 is 2. The predicted octanol–water partition coefficient (Wildman–Crippen LogP) is 0.253. The number of ether oxygens (including phenoxy) is 2. The van der Waals surface area contributed by atoms with Crippen LogP contribution in [0.4, 0.5) is 0 Å². The summed E-state index contributed by atoms with van der Waals surface area (Å²) in [4.78, 5) is 15.3. The quantitative estimate of drug-likeness (QED) is 0.682. The second-order valence-corrected chi connectivity index (χ2v) is 3.60. The second kappa shape index (κ2) is 7.52. The first-order valence-electron chi connectivity index (χ1n) is 5.50. The summed E-state index contributed by atoms with van der Waals surface area (Å²) in [7, 11) is 3.17. The minimum absolute atomic E-state index is 0.133. The monoisotopic (exact) mass is 254 g/mol. The van der Waals surface area contributed by atoms with E-state index in [1.165, 1.54) is 0 Å². The van der Waals surface area contributed by atoms with Gasteiger partial charge in [0.15, 0.2) is 11.5 Å². The normalized spacial score (nSPS) is 9.94. The van der Waals surface area contributed by atoms with E-state index < -0.39 is 0 Å². The maximum atomic E-state index is 11.1. The van der Waals surface area contributed by atoms with E-state index in [-0.39, 0.29) is 12.5 Å². The number of nitrogens with one attached hydrogen (secondary N) is 1. The summed E-state index contributed by atoms with van der Waals surface area (Å²) in [6.07, 6.45) is 0.691. The molecule has 0 aliphatic rings. The highest BCUT2D eigenvalue weighted by Crippen LogP contribution is 2.27. The lowest BCUT2D eigenvalue weighted by atomic mass is 10.1. The van der Waals surface area contributed by atoms with Crippen LogP contribution in [0.1, 0.15) is 5.56 Å². The summed E-state index contributed by atoms with van der Waals surface area (Å²) in [5.74, 6) is 5.91. The molecule has 0 saturated heterocycles. The maximum Gasteiger partial charge on any atom is 0.248 e. The van der Waals surface area contributed by atoms with Crippen molar-refractivity contribution >= 4 is 5.91 Å². The standard InChI is InChI=1S/C12H18N2O4/c1-16-10-4-3-9(7-11(10)17-2)5-6-14-12(15)8-18-13/h3-4,7H,5-6,8,13H2,1-2H3,(H,14,15). The fourth-order valence-electron chi connectivity index (χ4n) is 1.51. The molecule has 0 bridgehead atoms. The average Bonchev–Trinajstić information content (AvgIpc) is 2.38. The van der Waals surface area contributed by atoms with Gasteiger partial charge in [0.05, 0.1) is 14.2 Å². The number of benzene rings is 1. The Kier molecular flexibility index (Phi) is 5.96. The first-order valence-corrected chi connectivity index (χ1v) is 5.50. The molecule has 0 fully saturated rings. The lowest BCUT2D eigenvalue weighted by molar-refractivity contribution is -0.125. The van der Waals surface area contributed by atoms with Crippen LogP contribution < -0.4 is 20.7 Å². The summed E-state index contributed by atoms with van der Waals surface area (Å²) in [5, 5.41) is 2.68. The molecule has 6 nitrogen and oxygen atoms in total. The summed E-state index contributed by atoms with van der Waals surface area (Å²) in [6.45, 7) is 0.379. The molecule has 0 aliphatic heterocycles. The van der Waals surface area contributed by atoms with Crippen LogP contribution >= 0.6 is 0 Å². The van der Waals surface area contributed by atoms with Crippen molar-refractivity contribution in [2.75, 3.05) is 27.4 Å². The van der Waals surface area contributed by atoms with E-state index in [1.54, 1.807) is 14.2 Å². The van der Waals surface area contributed by atoms with Crippen molar-refractivity contribution in [1.82, 2.24) is 5.32 Å². The van der Waals surface area contributed by atoms with Gasteiger partial charge in [0.1, 0.15) is 6.61 Å². The van der Waals surface area contributed by atoms with Crippen LogP contribution in [0.2, 0.25) is 0 Å². The second-order valence-electron chi connectivity index (χ2n) is 3.60. The Morgan fingerprint density at radius 3 is 2.61 bits per heavy atom. The van der Waals surface area contributed by atoms with Crippen molar-refractivity contribution in [3.05, 3.63) is 23.8 Å². The number of hydrogen-bond donors (Lipinski definition) is 2. The molecule has 1 amide bonds. The minimum atomic E-state index is -0.238. The highest BCUT2D eigenvalue weighted by Gasteiger charge is 2.05. The molecular weight excluding hydrogens is 236 g/mol. The van der Waals surface area contributed by atoms with Gasteiger partial charge >= 0.3 is 0 Å². The maximum absolute atomic E-state index is 11.1. The molecule has 1 aromatic carbocycles. The van der Waals surface area contributed by atoms with E-state index in [2.05, 4.69) is 10.2 Å². The first kappa shape index (κ1) is 14.3. The van der Waals surface area contributed by atoms with Crippen LogP contribution in [0.5, 0.6) is 11.5 Å². The third-order valence-corrected chi connectivity index (χ3v) is 2.40. The van der Waals surface area contributed by atoms with Crippen LogP contribution in [0.3, 0.4) is 0 Å². The van der Waals surface area contributed by atoms with Crippen molar-refractivity contribution < 1.29 is 19.1 Å². The van der Waals surface area contributed by atoms with Gasteiger partial charge in [-0.15, -0.1) is 0 Å². The van der Waals surface area contributed by atoms with Crippen molar-refractivity contribution in [2.24, 2.45) is 5.90 Å². The van der Waals surface area contributed by atoms with Crippen LogP contribution in [0, 0.1) is 0 Å². The minimum Gasteiger partial charge on any atom is -0.493 e. The molecule has 1 aromatic rings. The van der Waals surface area contributed by atoms with E-state index in [4.69, 9.17) is 15.4 Å². The molecule has 0 saturated carbocycles. The number of carbonyl (C=O) groups is 1. The molecule has 0 atom stereocenters. The molecule has 0 spiro atoms. The van der Waals surface area contributed by atoms with E-state index in [0.29, 0.717) is 24.5 Å². The largest absolute Gasteiger partial charge is 0.493 e. The van der Waals surface area contributed by atoms with Gasteiger partial charge in [-0.25, -0.2) is 5.90 Å². The van der Waals surface area contributed by atoms with Gasteiger partial charge in [-0.3, -0.25) is 9.63 Å². The fraction of sp³-hybridized carbons (Fsp3) is 0.417. The van der Waals surface area contributed by atoms with Crippen LogP contribution in [0.25, 0.3) is 0 Å². The summed E-state index contributed by atoms with van der Waals surface area (Å²) in [5.41, 5.74) is 1.04. The Morgan fingerprint density at radius 1 is 1.28 bits per heavy atom. The zero-order valence-electron chi connectivity index (χ0n) is 10.6.